The fraction of sp³-hybridized carbons (Fsp3) is 0.444. The molecule has 1 aliphatic carbocycles. The van der Waals surface area contributed by atoms with Gasteiger partial charge in [0.2, 0.25) is 0 Å². The summed E-state index contributed by atoms with van der Waals surface area (Å²) in [5.74, 6) is 1.78. The highest BCUT2D eigenvalue weighted by molar-refractivity contribution is 7.98. The number of aliphatic hydroxyl groups is 1. The third kappa shape index (κ3) is 3.04. The molecule has 0 radical (unpaired) electrons. The van der Waals surface area contributed by atoms with Crippen molar-refractivity contribution in [2.24, 2.45) is 0 Å². The summed E-state index contributed by atoms with van der Waals surface area (Å²) in [4.78, 5) is 0. The van der Waals surface area contributed by atoms with Crippen LogP contribution >= 0.6 is 11.8 Å². The Bertz CT molecular complexity index is 611. The van der Waals surface area contributed by atoms with Crippen LogP contribution in [0.2, 0.25) is 0 Å². The van der Waals surface area contributed by atoms with E-state index in [0.29, 0.717) is 5.94 Å². The van der Waals surface area contributed by atoms with E-state index < -0.39 is 0 Å². The second-order valence-electron chi connectivity index (χ2n) is 5.71. The van der Waals surface area contributed by atoms with E-state index in [4.69, 9.17) is 4.74 Å². The Morgan fingerprint density at radius 2 is 1.95 bits per heavy atom. The number of fused-ring (bicyclic) bond motifs is 1. The summed E-state index contributed by atoms with van der Waals surface area (Å²) >= 11 is 1.67. The first-order valence-corrected chi connectivity index (χ1v) is 9.02. The third-order valence-corrected chi connectivity index (χ3v) is 4.72. The van der Waals surface area contributed by atoms with Gasteiger partial charge in [-0.2, -0.15) is 0 Å². The van der Waals surface area contributed by atoms with Gasteiger partial charge in [0.1, 0.15) is 11.7 Å². The van der Waals surface area contributed by atoms with Gasteiger partial charge in [-0.25, -0.2) is 0 Å². The number of benzene rings is 2. The van der Waals surface area contributed by atoms with E-state index in [0.717, 1.165) is 25.0 Å². The van der Waals surface area contributed by atoms with Crippen LogP contribution in [0.15, 0.2) is 36.4 Å². The Hall–Kier alpha value is -1.19. The minimum absolute atomic E-state index is 0.196. The van der Waals surface area contributed by atoms with Crippen molar-refractivity contribution in [2.45, 2.75) is 37.7 Å². The molecule has 2 aromatic rings. The Morgan fingerprint density at radius 3 is 2.76 bits per heavy atom. The maximum Gasteiger partial charge on any atom is 0.133 e. The van der Waals surface area contributed by atoms with Crippen LogP contribution in [0, 0.1) is 0 Å². The minimum Gasteiger partial charge on any atom is -0.483 e. The summed E-state index contributed by atoms with van der Waals surface area (Å²) in [7, 11) is 0. The fourth-order valence-corrected chi connectivity index (χ4v) is 3.60. The van der Waals surface area contributed by atoms with Crippen molar-refractivity contribution >= 4 is 22.5 Å². The van der Waals surface area contributed by atoms with E-state index in [9.17, 15) is 5.11 Å². The number of aliphatic hydroxyl groups excluding tert-OH is 1. The van der Waals surface area contributed by atoms with Crippen LogP contribution in [0.4, 0.5) is 0 Å². The molecule has 21 heavy (non-hydrogen) atoms. The first-order valence-electron chi connectivity index (χ1n) is 7.62. The van der Waals surface area contributed by atoms with Crippen LogP contribution in [0.5, 0.6) is 5.75 Å². The molecule has 2 aromatic carbocycles. The Morgan fingerprint density at radius 1 is 1.14 bits per heavy atom. The van der Waals surface area contributed by atoms with Crippen molar-refractivity contribution in [1.82, 2.24) is 0 Å². The van der Waals surface area contributed by atoms with Gasteiger partial charge in [-0.15, -0.1) is 11.8 Å². The summed E-state index contributed by atoms with van der Waals surface area (Å²) in [5.41, 5.74) is 1.20. The average Bonchev–Trinajstić information content (AvgIpc) is 2.53. The highest BCUT2D eigenvalue weighted by Gasteiger charge is 2.28. The van der Waals surface area contributed by atoms with Crippen LogP contribution in [-0.4, -0.2) is 23.4 Å². The Labute approximate surface area is 130 Å². The van der Waals surface area contributed by atoms with Gasteiger partial charge < -0.3 is 9.84 Å². The summed E-state index contributed by atoms with van der Waals surface area (Å²) in [5, 5.41) is 12.9. The standard InChI is InChI=1S/C18H22O2S/c1-21-12-20-17-11-10-13-6-2-3-7-14(13)18(17)15-8-4-5-9-16(15)19/h2-3,6-7,10-11,15-16,19H,4-5,8-9,12H2,1H3/t15-,16+/m0/s1. The number of hydrogen-bond acceptors (Lipinski definition) is 3. The van der Waals surface area contributed by atoms with Crippen molar-refractivity contribution in [3.8, 4) is 5.75 Å². The van der Waals surface area contributed by atoms with Gasteiger partial charge >= 0.3 is 0 Å². The zero-order chi connectivity index (χ0) is 14.7. The van der Waals surface area contributed by atoms with Crippen molar-refractivity contribution in [1.29, 1.82) is 0 Å². The molecule has 2 nitrogen and oxygen atoms in total. The van der Waals surface area contributed by atoms with E-state index in [-0.39, 0.29) is 12.0 Å². The molecule has 1 aliphatic rings. The molecular weight excluding hydrogens is 280 g/mol. The molecule has 3 rings (SSSR count). The molecule has 2 atom stereocenters. The lowest BCUT2D eigenvalue weighted by Crippen LogP contribution is -2.23. The van der Waals surface area contributed by atoms with Gasteiger partial charge in [0.05, 0.1) is 6.10 Å². The van der Waals surface area contributed by atoms with Crippen molar-refractivity contribution in [3.63, 3.8) is 0 Å². The van der Waals surface area contributed by atoms with Crippen molar-refractivity contribution < 1.29 is 9.84 Å². The quantitative estimate of drug-likeness (QED) is 0.840. The minimum atomic E-state index is -0.249. The lowest BCUT2D eigenvalue weighted by molar-refractivity contribution is 0.105. The predicted molar refractivity (Wildman–Crippen MR) is 90.2 cm³/mol. The second kappa shape index (κ2) is 6.71. The third-order valence-electron chi connectivity index (χ3n) is 4.36. The molecule has 1 N–H and O–H groups in total. The normalized spacial score (nSPS) is 22.4. The van der Waals surface area contributed by atoms with Gasteiger partial charge in [-0.1, -0.05) is 43.2 Å². The molecule has 0 heterocycles. The molecule has 0 unspecified atom stereocenters. The number of thioether (sulfide) groups is 1. The fourth-order valence-electron chi connectivity index (χ4n) is 3.35. The van der Waals surface area contributed by atoms with Gasteiger partial charge in [-0.05, 0) is 35.9 Å². The number of ether oxygens (including phenoxy) is 1. The largest absolute Gasteiger partial charge is 0.483 e. The first-order chi connectivity index (χ1) is 10.3. The van der Waals surface area contributed by atoms with Crippen LogP contribution in [0.3, 0.4) is 0 Å². The van der Waals surface area contributed by atoms with E-state index in [2.05, 4.69) is 36.4 Å². The average molecular weight is 302 g/mol. The molecular formula is C18H22O2S. The molecule has 0 bridgehead atoms. The van der Waals surface area contributed by atoms with Gasteiger partial charge in [0.25, 0.3) is 0 Å². The molecule has 0 aromatic heterocycles. The number of hydrogen-bond donors (Lipinski definition) is 1. The van der Waals surface area contributed by atoms with Crippen molar-refractivity contribution in [3.05, 3.63) is 42.0 Å². The summed E-state index contributed by atoms with van der Waals surface area (Å²) in [6.45, 7) is 0. The molecule has 3 heteroatoms. The maximum atomic E-state index is 10.5. The molecule has 0 aliphatic heterocycles. The summed E-state index contributed by atoms with van der Waals surface area (Å²) in [6.07, 6.45) is 6.05. The van der Waals surface area contributed by atoms with Gasteiger partial charge in [0.15, 0.2) is 0 Å². The lowest BCUT2D eigenvalue weighted by Gasteiger charge is -2.30. The second-order valence-corrected chi connectivity index (χ2v) is 6.52. The molecule has 1 saturated carbocycles. The SMILES string of the molecule is CSCOc1ccc2ccccc2c1[C@H]1CCCC[C@H]1O. The molecule has 0 amide bonds. The van der Waals surface area contributed by atoms with Crippen LogP contribution < -0.4 is 4.74 Å². The zero-order valence-corrected chi connectivity index (χ0v) is 13.2. The van der Waals surface area contributed by atoms with E-state index in [1.54, 1.807) is 11.8 Å². The molecule has 1 fully saturated rings. The van der Waals surface area contributed by atoms with E-state index >= 15 is 0 Å². The highest BCUT2D eigenvalue weighted by atomic mass is 32.2. The predicted octanol–water partition coefficient (Wildman–Crippen LogP) is 4.56. The molecule has 112 valence electrons. The first kappa shape index (κ1) is 14.7. The summed E-state index contributed by atoms with van der Waals surface area (Å²) in [6, 6.07) is 12.6. The molecule has 0 spiro atoms. The van der Waals surface area contributed by atoms with E-state index in [1.807, 2.05) is 6.26 Å². The Kier molecular flexibility index (Phi) is 4.71. The monoisotopic (exact) mass is 302 g/mol. The lowest BCUT2D eigenvalue weighted by atomic mass is 9.79. The van der Waals surface area contributed by atoms with Crippen LogP contribution in [0.25, 0.3) is 10.8 Å². The summed E-state index contributed by atoms with van der Waals surface area (Å²) < 4.78 is 5.95. The maximum absolute atomic E-state index is 10.5. The molecule has 0 saturated heterocycles. The van der Waals surface area contributed by atoms with E-state index in [1.165, 1.54) is 22.8 Å². The van der Waals surface area contributed by atoms with Gasteiger partial charge in [0, 0.05) is 11.5 Å². The Balaban J connectivity index is 2.10. The zero-order valence-electron chi connectivity index (χ0n) is 12.4. The van der Waals surface area contributed by atoms with Crippen molar-refractivity contribution in [2.75, 3.05) is 12.2 Å². The topological polar surface area (TPSA) is 29.5 Å². The smallest absolute Gasteiger partial charge is 0.133 e. The van der Waals surface area contributed by atoms with Crippen LogP contribution in [-0.2, 0) is 0 Å². The van der Waals surface area contributed by atoms with Crippen LogP contribution in [0.1, 0.15) is 37.2 Å². The highest BCUT2D eigenvalue weighted by Crippen LogP contribution is 2.41. The number of rotatable bonds is 4. The van der Waals surface area contributed by atoms with Gasteiger partial charge in [-0.3, -0.25) is 0 Å².